The Morgan fingerprint density at radius 1 is 1.08 bits per heavy atom. The van der Waals surface area contributed by atoms with Crippen LogP contribution < -0.4 is 5.32 Å². The Morgan fingerprint density at radius 2 is 1.76 bits per heavy atom. The van der Waals surface area contributed by atoms with Crippen molar-refractivity contribution in [3.63, 3.8) is 0 Å². The van der Waals surface area contributed by atoms with E-state index in [0.29, 0.717) is 12.3 Å². The molecule has 0 unspecified atom stereocenters. The summed E-state index contributed by atoms with van der Waals surface area (Å²) in [7, 11) is 0. The lowest BCUT2D eigenvalue weighted by Gasteiger charge is -2.34. The largest absolute Gasteiger partial charge is 0.322 e. The van der Waals surface area contributed by atoms with Gasteiger partial charge in [0.2, 0.25) is 0 Å². The summed E-state index contributed by atoms with van der Waals surface area (Å²) in [5, 5.41) is 11.7. The standard InChI is InChI=1S/C20H28N4O/c21-11-4-12-23-13-15-24(16-14-23)20(25)22-19-9-7-18(8-10-19)17-5-2-1-3-6-17/h7-10,17H,1-6,12-16H2,(H,22,25). The molecule has 0 aromatic heterocycles. The summed E-state index contributed by atoms with van der Waals surface area (Å²) in [6.07, 6.45) is 7.19. The second-order valence-corrected chi connectivity index (χ2v) is 7.12. The lowest BCUT2D eigenvalue weighted by atomic mass is 9.84. The van der Waals surface area contributed by atoms with Gasteiger partial charge in [-0.25, -0.2) is 4.79 Å². The number of anilines is 1. The van der Waals surface area contributed by atoms with E-state index in [0.717, 1.165) is 38.4 Å². The topological polar surface area (TPSA) is 59.4 Å². The highest BCUT2D eigenvalue weighted by molar-refractivity contribution is 5.89. The Bertz CT molecular complexity index is 593. The molecule has 0 bridgehead atoms. The lowest BCUT2D eigenvalue weighted by molar-refractivity contribution is 0.149. The molecular weight excluding hydrogens is 312 g/mol. The summed E-state index contributed by atoms with van der Waals surface area (Å²) in [6, 6.07) is 10.6. The van der Waals surface area contributed by atoms with E-state index >= 15 is 0 Å². The summed E-state index contributed by atoms with van der Waals surface area (Å²) < 4.78 is 0. The first kappa shape index (κ1) is 17.8. The number of urea groups is 1. The van der Waals surface area contributed by atoms with E-state index < -0.39 is 0 Å². The van der Waals surface area contributed by atoms with Gasteiger partial charge in [-0.1, -0.05) is 31.4 Å². The van der Waals surface area contributed by atoms with Gasteiger partial charge in [-0.3, -0.25) is 4.90 Å². The van der Waals surface area contributed by atoms with Crippen LogP contribution in [0.4, 0.5) is 10.5 Å². The fourth-order valence-electron chi connectivity index (χ4n) is 3.86. The van der Waals surface area contributed by atoms with Crippen molar-refractivity contribution >= 4 is 11.7 Å². The van der Waals surface area contributed by atoms with E-state index in [-0.39, 0.29) is 6.03 Å². The maximum atomic E-state index is 12.4. The smallest absolute Gasteiger partial charge is 0.321 e. The molecule has 1 aliphatic carbocycles. The summed E-state index contributed by atoms with van der Waals surface area (Å²) in [5.74, 6) is 0.694. The van der Waals surface area contributed by atoms with Crippen LogP contribution in [0.2, 0.25) is 0 Å². The number of nitrogens with zero attached hydrogens (tertiary/aromatic N) is 3. The van der Waals surface area contributed by atoms with E-state index in [4.69, 9.17) is 5.26 Å². The maximum Gasteiger partial charge on any atom is 0.321 e. The van der Waals surface area contributed by atoms with Gasteiger partial charge in [-0.2, -0.15) is 5.26 Å². The number of nitriles is 1. The van der Waals surface area contributed by atoms with E-state index in [9.17, 15) is 4.79 Å². The fourth-order valence-corrected chi connectivity index (χ4v) is 3.86. The van der Waals surface area contributed by atoms with Crippen LogP contribution in [0, 0.1) is 11.3 Å². The molecule has 0 spiro atoms. The molecule has 2 fully saturated rings. The van der Waals surface area contributed by atoms with Gasteiger partial charge in [0.1, 0.15) is 0 Å². The van der Waals surface area contributed by atoms with Gasteiger partial charge >= 0.3 is 6.03 Å². The van der Waals surface area contributed by atoms with Crippen molar-refractivity contribution < 1.29 is 4.79 Å². The highest BCUT2D eigenvalue weighted by atomic mass is 16.2. The predicted molar refractivity (Wildman–Crippen MR) is 99.5 cm³/mol. The molecule has 1 heterocycles. The number of benzene rings is 1. The van der Waals surface area contributed by atoms with Gasteiger partial charge < -0.3 is 10.2 Å². The Balaban J connectivity index is 1.47. The number of carbonyl (C=O) groups excluding carboxylic acids is 1. The van der Waals surface area contributed by atoms with Crippen LogP contribution in [0.15, 0.2) is 24.3 Å². The van der Waals surface area contributed by atoms with Gasteiger partial charge in [0.05, 0.1) is 6.07 Å². The van der Waals surface area contributed by atoms with E-state index in [2.05, 4.69) is 28.4 Å². The molecule has 1 aromatic carbocycles. The Kier molecular flexibility index (Phi) is 6.30. The fraction of sp³-hybridized carbons (Fsp3) is 0.600. The average Bonchev–Trinajstić information content (AvgIpc) is 2.68. The molecule has 3 rings (SSSR count). The van der Waals surface area contributed by atoms with Crippen LogP contribution in [0.25, 0.3) is 0 Å². The number of rotatable bonds is 4. The van der Waals surface area contributed by atoms with Crippen LogP contribution >= 0.6 is 0 Å². The van der Waals surface area contributed by atoms with E-state index in [1.165, 1.54) is 37.7 Å². The minimum Gasteiger partial charge on any atom is -0.322 e. The van der Waals surface area contributed by atoms with E-state index in [1.807, 2.05) is 17.0 Å². The quantitative estimate of drug-likeness (QED) is 0.907. The van der Waals surface area contributed by atoms with Crippen LogP contribution in [0.1, 0.15) is 50.0 Å². The molecule has 1 aromatic rings. The third-order valence-corrected chi connectivity index (χ3v) is 5.44. The van der Waals surface area contributed by atoms with Crippen molar-refractivity contribution in [3.05, 3.63) is 29.8 Å². The molecule has 5 heteroatoms. The normalized spacial score (nSPS) is 19.4. The molecule has 2 aliphatic rings. The zero-order valence-corrected chi connectivity index (χ0v) is 14.9. The molecule has 1 saturated heterocycles. The molecule has 1 saturated carbocycles. The zero-order valence-electron chi connectivity index (χ0n) is 14.9. The zero-order chi connectivity index (χ0) is 17.5. The van der Waals surface area contributed by atoms with Gasteiger partial charge in [0, 0.05) is 44.8 Å². The highest BCUT2D eigenvalue weighted by Gasteiger charge is 2.21. The van der Waals surface area contributed by atoms with Gasteiger partial charge in [-0.15, -0.1) is 0 Å². The molecule has 5 nitrogen and oxygen atoms in total. The second kappa shape index (κ2) is 8.87. The number of hydrogen-bond acceptors (Lipinski definition) is 3. The van der Waals surface area contributed by atoms with Crippen LogP contribution in [-0.2, 0) is 0 Å². The lowest BCUT2D eigenvalue weighted by Crippen LogP contribution is -2.50. The average molecular weight is 340 g/mol. The summed E-state index contributed by atoms with van der Waals surface area (Å²) in [4.78, 5) is 16.5. The molecule has 2 amide bonds. The minimum absolute atomic E-state index is 0.0228. The monoisotopic (exact) mass is 340 g/mol. The molecule has 1 N–H and O–H groups in total. The van der Waals surface area contributed by atoms with Crippen molar-refractivity contribution in [1.29, 1.82) is 5.26 Å². The van der Waals surface area contributed by atoms with E-state index in [1.54, 1.807) is 0 Å². The number of hydrogen-bond donors (Lipinski definition) is 1. The van der Waals surface area contributed by atoms with Crippen molar-refractivity contribution in [2.75, 3.05) is 38.0 Å². The van der Waals surface area contributed by atoms with Crippen LogP contribution in [0.5, 0.6) is 0 Å². The molecule has 134 valence electrons. The molecule has 0 atom stereocenters. The number of piperazine rings is 1. The molecular formula is C20H28N4O. The SMILES string of the molecule is N#CCCN1CCN(C(=O)Nc2ccc(C3CCCCC3)cc2)CC1. The highest BCUT2D eigenvalue weighted by Crippen LogP contribution is 2.32. The summed E-state index contributed by atoms with van der Waals surface area (Å²) in [5.41, 5.74) is 2.28. The molecule has 1 aliphatic heterocycles. The third kappa shape index (κ3) is 4.96. The third-order valence-electron chi connectivity index (χ3n) is 5.44. The van der Waals surface area contributed by atoms with Crippen molar-refractivity contribution in [1.82, 2.24) is 9.80 Å². The predicted octanol–water partition coefficient (Wildman–Crippen LogP) is 3.80. The maximum absolute atomic E-state index is 12.4. The number of nitrogens with one attached hydrogen (secondary N) is 1. The van der Waals surface area contributed by atoms with Gasteiger partial charge in [0.15, 0.2) is 0 Å². The molecule has 25 heavy (non-hydrogen) atoms. The summed E-state index contributed by atoms with van der Waals surface area (Å²) >= 11 is 0. The Labute approximate surface area is 150 Å². The van der Waals surface area contributed by atoms with Crippen molar-refractivity contribution in [2.45, 2.75) is 44.4 Å². The number of carbonyl (C=O) groups is 1. The number of amides is 2. The first-order valence-electron chi connectivity index (χ1n) is 9.51. The first-order chi connectivity index (χ1) is 12.3. The Morgan fingerprint density at radius 3 is 2.40 bits per heavy atom. The summed E-state index contributed by atoms with van der Waals surface area (Å²) in [6.45, 7) is 3.93. The van der Waals surface area contributed by atoms with Gasteiger partial charge in [0.25, 0.3) is 0 Å². The van der Waals surface area contributed by atoms with Crippen LogP contribution in [0.3, 0.4) is 0 Å². The second-order valence-electron chi connectivity index (χ2n) is 7.12. The van der Waals surface area contributed by atoms with Crippen molar-refractivity contribution in [2.24, 2.45) is 0 Å². The molecule has 0 radical (unpaired) electrons. The van der Waals surface area contributed by atoms with Gasteiger partial charge in [-0.05, 0) is 36.5 Å². The minimum atomic E-state index is -0.0228. The van der Waals surface area contributed by atoms with Crippen molar-refractivity contribution in [3.8, 4) is 6.07 Å². The Hall–Kier alpha value is -2.06. The van der Waals surface area contributed by atoms with Crippen LogP contribution in [-0.4, -0.2) is 48.6 Å². The first-order valence-corrected chi connectivity index (χ1v) is 9.51.